The van der Waals surface area contributed by atoms with Crippen LogP contribution in [0.1, 0.15) is 44.1 Å². The minimum Gasteiger partial charge on any atom is -0.497 e. The molecule has 32 heavy (non-hydrogen) atoms. The number of piperazine rings is 2. The van der Waals surface area contributed by atoms with Gasteiger partial charge in [-0.2, -0.15) is 0 Å². The highest BCUT2D eigenvalue weighted by Gasteiger charge is 2.31. The molecular formula is C25H38N4O3. The van der Waals surface area contributed by atoms with Crippen molar-refractivity contribution in [1.82, 2.24) is 19.6 Å². The van der Waals surface area contributed by atoms with Crippen molar-refractivity contribution >= 4 is 11.8 Å². The monoisotopic (exact) mass is 442 g/mol. The zero-order valence-electron chi connectivity index (χ0n) is 19.7. The summed E-state index contributed by atoms with van der Waals surface area (Å²) in [6.07, 6.45) is 4.79. The Morgan fingerprint density at radius 1 is 0.938 bits per heavy atom. The SMILES string of the molecule is CCC(C(=O)N1CCN(CC(=O)N2CCN(C3CCC3)CC2)CC1)c1ccc(OC)cc1. The lowest BCUT2D eigenvalue weighted by Crippen LogP contribution is -2.56. The van der Waals surface area contributed by atoms with E-state index in [-0.39, 0.29) is 17.7 Å². The Bertz CT molecular complexity index is 764. The molecule has 0 spiro atoms. The van der Waals surface area contributed by atoms with E-state index in [0.29, 0.717) is 19.6 Å². The van der Waals surface area contributed by atoms with E-state index >= 15 is 0 Å². The van der Waals surface area contributed by atoms with Crippen LogP contribution in [0, 0.1) is 0 Å². The van der Waals surface area contributed by atoms with Crippen molar-refractivity contribution < 1.29 is 14.3 Å². The molecular weight excluding hydrogens is 404 g/mol. The average molecular weight is 443 g/mol. The van der Waals surface area contributed by atoms with Gasteiger partial charge in [-0.05, 0) is 37.0 Å². The van der Waals surface area contributed by atoms with Crippen LogP contribution < -0.4 is 4.74 Å². The summed E-state index contributed by atoms with van der Waals surface area (Å²) in [5, 5.41) is 0. The highest BCUT2D eigenvalue weighted by atomic mass is 16.5. The van der Waals surface area contributed by atoms with E-state index in [2.05, 4.69) is 16.7 Å². The lowest BCUT2D eigenvalue weighted by Gasteiger charge is -2.43. The summed E-state index contributed by atoms with van der Waals surface area (Å²) in [4.78, 5) is 34.7. The standard InChI is InChI=1S/C25H38N4O3/c1-3-23(20-7-9-22(32-2)10-8-20)25(31)29-13-11-26(12-14-29)19-24(30)28-17-15-27(16-18-28)21-5-4-6-21/h7-10,21,23H,3-6,11-19H2,1-2H3. The molecule has 2 aliphatic heterocycles. The number of rotatable bonds is 7. The van der Waals surface area contributed by atoms with Crippen LogP contribution >= 0.6 is 0 Å². The van der Waals surface area contributed by atoms with Gasteiger partial charge in [0.05, 0.1) is 19.6 Å². The fourth-order valence-corrected chi connectivity index (χ4v) is 5.12. The van der Waals surface area contributed by atoms with E-state index < -0.39 is 0 Å². The maximum absolute atomic E-state index is 13.2. The van der Waals surface area contributed by atoms with Gasteiger partial charge in [0.1, 0.15) is 5.75 Å². The number of hydrogen-bond acceptors (Lipinski definition) is 5. The van der Waals surface area contributed by atoms with E-state index in [1.165, 1.54) is 19.3 Å². The molecule has 1 atom stereocenters. The first-order valence-electron chi connectivity index (χ1n) is 12.3. The molecule has 1 aromatic rings. The van der Waals surface area contributed by atoms with Gasteiger partial charge in [0.15, 0.2) is 0 Å². The molecule has 176 valence electrons. The van der Waals surface area contributed by atoms with Gasteiger partial charge in [0.2, 0.25) is 11.8 Å². The Morgan fingerprint density at radius 2 is 1.56 bits per heavy atom. The molecule has 4 rings (SSSR count). The first-order chi connectivity index (χ1) is 15.6. The zero-order valence-corrected chi connectivity index (χ0v) is 19.7. The second kappa shape index (κ2) is 10.7. The average Bonchev–Trinajstić information content (AvgIpc) is 2.80. The third-order valence-corrected chi connectivity index (χ3v) is 7.53. The molecule has 7 heteroatoms. The predicted octanol–water partition coefficient (Wildman–Crippen LogP) is 2.03. The highest BCUT2D eigenvalue weighted by molar-refractivity contribution is 5.84. The molecule has 1 saturated carbocycles. The first-order valence-corrected chi connectivity index (χ1v) is 12.3. The maximum Gasteiger partial charge on any atom is 0.236 e. The fraction of sp³-hybridized carbons (Fsp3) is 0.680. The van der Waals surface area contributed by atoms with Crippen molar-refractivity contribution in [1.29, 1.82) is 0 Å². The molecule has 1 aromatic carbocycles. The number of amides is 2. The largest absolute Gasteiger partial charge is 0.497 e. The molecule has 0 bridgehead atoms. The summed E-state index contributed by atoms with van der Waals surface area (Å²) in [6.45, 7) is 9.18. The zero-order chi connectivity index (χ0) is 22.5. The Kier molecular flexibility index (Phi) is 7.68. The second-order valence-corrected chi connectivity index (χ2v) is 9.34. The molecule has 7 nitrogen and oxygen atoms in total. The lowest BCUT2D eigenvalue weighted by atomic mass is 9.91. The summed E-state index contributed by atoms with van der Waals surface area (Å²) in [5.74, 6) is 1.11. The van der Waals surface area contributed by atoms with Crippen LogP contribution in [0.3, 0.4) is 0 Å². The Hall–Kier alpha value is -2.12. The summed E-state index contributed by atoms with van der Waals surface area (Å²) >= 11 is 0. The van der Waals surface area contributed by atoms with Crippen molar-refractivity contribution in [2.75, 3.05) is 66.0 Å². The van der Waals surface area contributed by atoms with Gasteiger partial charge in [-0.15, -0.1) is 0 Å². The number of nitrogens with zero attached hydrogens (tertiary/aromatic N) is 4. The Morgan fingerprint density at radius 3 is 2.09 bits per heavy atom. The normalized spacial score (nSPS) is 21.8. The van der Waals surface area contributed by atoms with Gasteiger partial charge in [0.25, 0.3) is 0 Å². The molecule has 0 radical (unpaired) electrons. The highest BCUT2D eigenvalue weighted by Crippen LogP contribution is 2.26. The number of carbonyl (C=O) groups excluding carboxylic acids is 2. The van der Waals surface area contributed by atoms with Crippen LogP contribution in [0.5, 0.6) is 5.75 Å². The van der Waals surface area contributed by atoms with E-state index in [0.717, 1.165) is 63.0 Å². The molecule has 2 heterocycles. The minimum absolute atomic E-state index is 0.124. The molecule has 0 aromatic heterocycles. The summed E-state index contributed by atoms with van der Waals surface area (Å²) < 4.78 is 5.24. The Balaban J connectivity index is 1.22. The third kappa shape index (κ3) is 5.26. The maximum atomic E-state index is 13.2. The lowest BCUT2D eigenvalue weighted by molar-refractivity contribution is -0.137. The van der Waals surface area contributed by atoms with Crippen molar-refractivity contribution in [3.8, 4) is 5.75 Å². The van der Waals surface area contributed by atoms with Gasteiger partial charge in [-0.25, -0.2) is 0 Å². The van der Waals surface area contributed by atoms with Crippen molar-refractivity contribution in [2.45, 2.75) is 44.6 Å². The number of carbonyl (C=O) groups is 2. The van der Waals surface area contributed by atoms with Gasteiger partial charge in [0, 0.05) is 58.4 Å². The van der Waals surface area contributed by atoms with Crippen LogP contribution in [0.2, 0.25) is 0 Å². The van der Waals surface area contributed by atoms with Crippen LogP contribution in [0.15, 0.2) is 24.3 Å². The quantitative estimate of drug-likeness (QED) is 0.647. The van der Waals surface area contributed by atoms with Crippen molar-refractivity contribution in [2.24, 2.45) is 0 Å². The Labute approximate surface area is 192 Å². The number of methoxy groups -OCH3 is 1. The van der Waals surface area contributed by atoms with E-state index in [4.69, 9.17) is 4.74 Å². The number of benzene rings is 1. The number of hydrogen-bond donors (Lipinski definition) is 0. The topological polar surface area (TPSA) is 56.3 Å². The van der Waals surface area contributed by atoms with E-state index in [9.17, 15) is 9.59 Å². The summed E-state index contributed by atoms with van der Waals surface area (Å²) in [7, 11) is 1.65. The van der Waals surface area contributed by atoms with Crippen molar-refractivity contribution in [3.05, 3.63) is 29.8 Å². The van der Waals surface area contributed by atoms with Gasteiger partial charge >= 0.3 is 0 Å². The fourth-order valence-electron chi connectivity index (χ4n) is 5.12. The molecule has 3 aliphatic rings. The minimum atomic E-state index is -0.124. The van der Waals surface area contributed by atoms with E-state index in [1.807, 2.05) is 34.1 Å². The second-order valence-electron chi connectivity index (χ2n) is 9.34. The van der Waals surface area contributed by atoms with Crippen LogP contribution in [-0.4, -0.2) is 103 Å². The van der Waals surface area contributed by atoms with Crippen molar-refractivity contribution in [3.63, 3.8) is 0 Å². The predicted molar refractivity (Wildman–Crippen MR) is 125 cm³/mol. The van der Waals surface area contributed by atoms with Gasteiger partial charge in [-0.3, -0.25) is 19.4 Å². The third-order valence-electron chi connectivity index (χ3n) is 7.53. The molecule has 2 saturated heterocycles. The molecule has 1 unspecified atom stereocenters. The molecule has 3 fully saturated rings. The van der Waals surface area contributed by atoms with Crippen LogP contribution in [0.4, 0.5) is 0 Å². The van der Waals surface area contributed by atoms with Gasteiger partial charge < -0.3 is 14.5 Å². The smallest absolute Gasteiger partial charge is 0.236 e. The van der Waals surface area contributed by atoms with Crippen LogP contribution in [-0.2, 0) is 9.59 Å². The summed E-state index contributed by atoms with van der Waals surface area (Å²) in [6, 6.07) is 8.58. The van der Waals surface area contributed by atoms with Gasteiger partial charge in [-0.1, -0.05) is 25.5 Å². The number of ether oxygens (including phenoxy) is 1. The molecule has 1 aliphatic carbocycles. The molecule has 0 N–H and O–H groups in total. The first kappa shape index (κ1) is 23.1. The molecule has 2 amide bonds. The summed E-state index contributed by atoms with van der Waals surface area (Å²) in [5.41, 5.74) is 1.04. The van der Waals surface area contributed by atoms with E-state index in [1.54, 1.807) is 7.11 Å². The van der Waals surface area contributed by atoms with Crippen LogP contribution in [0.25, 0.3) is 0 Å².